The molecule has 1 spiro atoms. The van der Waals surface area contributed by atoms with Crippen LogP contribution in [0.4, 0.5) is 0 Å². The molecule has 3 heterocycles. The third-order valence-corrected chi connectivity index (χ3v) is 10.4. The molecule has 39 heavy (non-hydrogen) atoms. The van der Waals surface area contributed by atoms with Crippen molar-refractivity contribution < 1.29 is 28.5 Å². The van der Waals surface area contributed by atoms with E-state index in [4.69, 9.17) is 23.7 Å². The second-order valence-electron chi connectivity index (χ2n) is 12.8. The molecule has 2 aliphatic carbocycles. The Balaban J connectivity index is 1.17. The van der Waals surface area contributed by atoms with Crippen LogP contribution >= 0.6 is 0 Å². The Morgan fingerprint density at radius 2 is 1.92 bits per heavy atom. The van der Waals surface area contributed by atoms with Crippen LogP contribution in [0.25, 0.3) is 0 Å². The fraction of sp³-hybridized carbons (Fsp3) is 0.774. The second kappa shape index (κ2) is 11.2. The van der Waals surface area contributed by atoms with Crippen molar-refractivity contribution in [2.75, 3.05) is 66.8 Å². The van der Waals surface area contributed by atoms with Crippen LogP contribution in [0.15, 0.2) is 18.2 Å². The topological polar surface area (TPSA) is 73.0 Å². The number of hydrogen-bond donors (Lipinski definition) is 0. The lowest BCUT2D eigenvalue weighted by molar-refractivity contribution is -0.147. The smallest absolute Gasteiger partial charge is 0.310 e. The number of morpholine rings is 1. The van der Waals surface area contributed by atoms with Crippen LogP contribution in [0.1, 0.15) is 51.0 Å². The van der Waals surface area contributed by atoms with Crippen molar-refractivity contribution in [1.82, 2.24) is 9.80 Å². The van der Waals surface area contributed by atoms with Gasteiger partial charge in [0.25, 0.3) is 0 Å². The molecule has 0 bridgehead atoms. The molecule has 216 valence electrons. The quantitative estimate of drug-likeness (QED) is 0.327. The molecule has 0 N–H and O–H groups in total. The molecule has 1 aromatic carbocycles. The number of epoxide rings is 1. The van der Waals surface area contributed by atoms with Gasteiger partial charge in [0, 0.05) is 32.1 Å². The van der Waals surface area contributed by atoms with Gasteiger partial charge < -0.3 is 23.7 Å². The van der Waals surface area contributed by atoms with Gasteiger partial charge in [-0.25, -0.2) is 0 Å². The SMILES string of the molecule is COc1ccc(CN(CCCN2CCOCC2)CC2C(=O)OC3CC4(C)CCCC5(CO5)C4CC32)cc1OC. The minimum Gasteiger partial charge on any atom is -0.493 e. The van der Waals surface area contributed by atoms with Gasteiger partial charge in [0.1, 0.15) is 6.10 Å². The van der Waals surface area contributed by atoms with Gasteiger partial charge in [-0.15, -0.1) is 0 Å². The molecule has 6 rings (SSSR count). The highest BCUT2D eigenvalue weighted by molar-refractivity contribution is 5.75. The number of hydrogen-bond acceptors (Lipinski definition) is 8. The van der Waals surface area contributed by atoms with E-state index in [-0.39, 0.29) is 34.9 Å². The predicted octanol–water partition coefficient (Wildman–Crippen LogP) is 3.76. The molecule has 1 aromatic rings. The van der Waals surface area contributed by atoms with Gasteiger partial charge in [-0.1, -0.05) is 13.0 Å². The molecule has 0 aromatic heterocycles. The highest BCUT2D eigenvalue weighted by Gasteiger charge is 2.65. The minimum atomic E-state index is -0.0826. The number of esters is 1. The van der Waals surface area contributed by atoms with E-state index in [2.05, 4.69) is 28.9 Å². The minimum absolute atomic E-state index is 0.00324. The van der Waals surface area contributed by atoms with Crippen molar-refractivity contribution >= 4 is 5.97 Å². The Labute approximate surface area is 233 Å². The molecule has 5 aliphatic rings. The monoisotopic (exact) mass is 542 g/mol. The molecule has 0 amide bonds. The maximum absolute atomic E-state index is 13.4. The van der Waals surface area contributed by atoms with E-state index in [1.165, 1.54) is 19.3 Å². The Bertz CT molecular complexity index is 1020. The molecule has 3 aliphatic heterocycles. The van der Waals surface area contributed by atoms with Crippen molar-refractivity contribution in [1.29, 1.82) is 0 Å². The van der Waals surface area contributed by atoms with Gasteiger partial charge in [0.05, 0.1) is 45.6 Å². The van der Waals surface area contributed by atoms with Crippen LogP contribution in [-0.2, 0) is 25.5 Å². The summed E-state index contributed by atoms with van der Waals surface area (Å²) in [6.45, 7) is 10.4. The average molecular weight is 543 g/mol. The number of rotatable bonds is 10. The summed E-state index contributed by atoms with van der Waals surface area (Å²) in [7, 11) is 3.34. The molecule has 2 saturated carbocycles. The maximum atomic E-state index is 13.4. The molecule has 8 heteroatoms. The lowest BCUT2D eigenvalue weighted by atomic mass is 9.53. The Morgan fingerprint density at radius 1 is 1.13 bits per heavy atom. The first-order valence-electron chi connectivity index (χ1n) is 15.0. The summed E-state index contributed by atoms with van der Waals surface area (Å²) in [5.74, 6) is 2.21. The number of nitrogens with zero attached hydrogens (tertiary/aromatic N) is 2. The lowest BCUT2D eigenvalue weighted by Gasteiger charge is -2.51. The van der Waals surface area contributed by atoms with Crippen molar-refractivity contribution in [3.8, 4) is 11.5 Å². The van der Waals surface area contributed by atoms with Crippen molar-refractivity contribution in [3.05, 3.63) is 23.8 Å². The van der Waals surface area contributed by atoms with E-state index in [1.54, 1.807) is 14.2 Å². The van der Waals surface area contributed by atoms with E-state index in [1.807, 2.05) is 6.07 Å². The van der Waals surface area contributed by atoms with E-state index in [0.29, 0.717) is 5.92 Å². The zero-order chi connectivity index (χ0) is 27.0. The van der Waals surface area contributed by atoms with Gasteiger partial charge >= 0.3 is 5.97 Å². The number of benzene rings is 1. The fourth-order valence-electron chi connectivity index (χ4n) is 8.26. The summed E-state index contributed by atoms with van der Waals surface area (Å²) in [4.78, 5) is 18.3. The standard InChI is InChI=1S/C31H46N2O6/c1-30-8-4-9-31(21-38-31)28(30)17-23-24(29(34)39-27(23)18-30)20-33(11-5-10-32-12-14-37-15-13-32)19-22-6-7-25(35-2)26(16-22)36-3/h6-7,16,23-24,27-28H,4-5,8-15,17-21H2,1-3H3. The normalized spacial score (nSPS) is 35.9. The molecule has 0 radical (unpaired) electrons. The lowest BCUT2D eigenvalue weighted by Crippen LogP contribution is -2.51. The number of ether oxygens (including phenoxy) is 5. The van der Waals surface area contributed by atoms with Crippen LogP contribution in [0.5, 0.6) is 11.5 Å². The van der Waals surface area contributed by atoms with E-state index in [0.717, 1.165) is 95.4 Å². The van der Waals surface area contributed by atoms with Gasteiger partial charge in [0.2, 0.25) is 0 Å². The Hall–Kier alpha value is -1.87. The summed E-state index contributed by atoms with van der Waals surface area (Å²) >= 11 is 0. The maximum Gasteiger partial charge on any atom is 0.310 e. The van der Waals surface area contributed by atoms with Gasteiger partial charge in [0.15, 0.2) is 11.5 Å². The summed E-state index contributed by atoms with van der Waals surface area (Å²) in [6.07, 6.45) is 6.77. The Kier molecular flexibility index (Phi) is 7.83. The van der Waals surface area contributed by atoms with Crippen molar-refractivity contribution in [3.63, 3.8) is 0 Å². The number of fused-ring (bicyclic) bond motifs is 3. The van der Waals surface area contributed by atoms with Crippen LogP contribution in [-0.4, -0.2) is 94.2 Å². The van der Waals surface area contributed by atoms with Gasteiger partial charge in [-0.3, -0.25) is 14.6 Å². The van der Waals surface area contributed by atoms with Crippen LogP contribution < -0.4 is 9.47 Å². The first-order chi connectivity index (χ1) is 18.9. The van der Waals surface area contributed by atoms with Crippen LogP contribution in [0.3, 0.4) is 0 Å². The number of carbonyl (C=O) groups excluding carboxylic acids is 1. The molecule has 6 atom stereocenters. The summed E-state index contributed by atoms with van der Waals surface area (Å²) in [5.41, 5.74) is 1.46. The molecular formula is C31H46N2O6. The third-order valence-electron chi connectivity index (χ3n) is 10.4. The molecule has 8 nitrogen and oxygen atoms in total. The Morgan fingerprint density at radius 3 is 2.67 bits per heavy atom. The van der Waals surface area contributed by atoms with Crippen molar-refractivity contribution in [2.24, 2.45) is 23.2 Å². The van der Waals surface area contributed by atoms with Gasteiger partial charge in [-0.2, -0.15) is 0 Å². The highest BCUT2D eigenvalue weighted by Crippen LogP contribution is 2.62. The predicted molar refractivity (Wildman–Crippen MR) is 147 cm³/mol. The number of methoxy groups -OCH3 is 2. The molecular weight excluding hydrogens is 496 g/mol. The average Bonchev–Trinajstić information content (AvgIpc) is 3.64. The summed E-state index contributed by atoms with van der Waals surface area (Å²) < 4.78 is 28.8. The van der Waals surface area contributed by atoms with Crippen LogP contribution in [0.2, 0.25) is 0 Å². The fourth-order valence-corrected chi connectivity index (χ4v) is 8.26. The van der Waals surface area contributed by atoms with E-state index < -0.39 is 0 Å². The zero-order valence-electron chi connectivity index (χ0n) is 24.0. The first kappa shape index (κ1) is 27.3. The van der Waals surface area contributed by atoms with Crippen molar-refractivity contribution in [2.45, 2.75) is 63.7 Å². The summed E-state index contributed by atoms with van der Waals surface area (Å²) in [5, 5.41) is 0. The largest absolute Gasteiger partial charge is 0.493 e. The van der Waals surface area contributed by atoms with Gasteiger partial charge in [-0.05, 0) is 80.6 Å². The molecule has 3 saturated heterocycles. The van der Waals surface area contributed by atoms with E-state index >= 15 is 0 Å². The highest BCUT2D eigenvalue weighted by atomic mass is 16.6. The third kappa shape index (κ3) is 5.54. The van der Waals surface area contributed by atoms with E-state index in [9.17, 15) is 4.79 Å². The molecule has 5 fully saturated rings. The number of carbonyl (C=O) groups is 1. The summed E-state index contributed by atoms with van der Waals surface area (Å²) in [6, 6.07) is 6.14. The molecule has 6 unspecified atom stereocenters. The first-order valence-corrected chi connectivity index (χ1v) is 15.0. The second-order valence-corrected chi connectivity index (χ2v) is 12.8. The van der Waals surface area contributed by atoms with Crippen LogP contribution in [0, 0.1) is 23.2 Å². The zero-order valence-corrected chi connectivity index (χ0v) is 24.0.